The maximum absolute atomic E-state index is 12.6. The molecule has 2 aromatic rings. The van der Waals surface area contributed by atoms with Crippen LogP contribution in [0.3, 0.4) is 0 Å². The maximum atomic E-state index is 12.6. The van der Waals surface area contributed by atoms with E-state index in [4.69, 9.17) is 4.74 Å². The third-order valence-electron chi connectivity index (χ3n) is 3.96. The Morgan fingerprint density at radius 1 is 1.26 bits per heavy atom. The highest BCUT2D eigenvalue weighted by molar-refractivity contribution is 14.1. The van der Waals surface area contributed by atoms with E-state index in [1.165, 1.54) is 16.7 Å². The zero-order chi connectivity index (χ0) is 19.4. The summed E-state index contributed by atoms with van der Waals surface area (Å²) in [6, 6.07) is 14.2. The number of hydrogen-bond acceptors (Lipinski definition) is 5. The predicted molar refractivity (Wildman–Crippen MR) is 114 cm³/mol. The van der Waals surface area contributed by atoms with E-state index in [1.807, 2.05) is 12.1 Å². The molecule has 1 atom stereocenters. The lowest BCUT2D eigenvalue weighted by molar-refractivity contribution is -0.121. The van der Waals surface area contributed by atoms with Crippen LogP contribution in [0, 0.1) is 3.57 Å². The van der Waals surface area contributed by atoms with E-state index < -0.39 is 5.25 Å². The Hall–Kier alpha value is -2.07. The van der Waals surface area contributed by atoms with Crippen LogP contribution in [-0.2, 0) is 14.4 Å². The number of hydrogen-bond donors (Lipinski definition) is 1. The lowest BCUT2D eigenvalue weighted by atomic mass is 10.3. The zero-order valence-corrected chi connectivity index (χ0v) is 17.5. The average molecular weight is 496 g/mol. The average Bonchev–Trinajstić information content (AvgIpc) is 2.94. The third-order valence-corrected chi connectivity index (χ3v) is 5.88. The van der Waals surface area contributed by atoms with E-state index in [1.54, 1.807) is 43.5 Å². The SMILES string of the molecule is COc1cccc(NC(=O)CS[C@@H]2CC(=O)N(c3ccc(I)cc3)C2=O)c1. The van der Waals surface area contributed by atoms with Gasteiger partial charge < -0.3 is 10.1 Å². The molecule has 3 rings (SSSR count). The summed E-state index contributed by atoms with van der Waals surface area (Å²) in [6.45, 7) is 0. The lowest BCUT2D eigenvalue weighted by Crippen LogP contribution is -2.31. The fraction of sp³-hybridized carbons (Fsp3) is 0.211. The minimum absolute atomic E-state index is 0.0847. The number of methoxy groups -OCH3 is 1. The van der Waals surface area contributed by atoms with Crippen LogP contribution < -0.4 is 15.0 Å². The van der Waals surface area contributed by atoms with Crippen molar-refractivity contribution in [1.82, 2.24) is 0 Å². The molecular weight excluding hydrogens is 479 g/mol. The zero-order valence-electron chi connectivity index (χ0n) is 14.5. The van der Waals surface area contributed by atoms with Crippen LogP contribution in [0.4, 0.5) is 11.4 Å². The largest absolute Gasteiger partial charge is 0.497 e. The smallest absolute Gasteiger partial charge is 0.247 e. The number of carbonyl (C=O) groups is 3. The number of rotatable bonds is 6. The molecule has 0 bridgehead atoms. The molecule has 6 nitrogen and oxygen atoms in total. The van der Waals surface area contributed by atoms with Gasteiger partial charge in [-0.1, -0.05) is 6.07 Å². The molecule has 0 aromatic heterocycles. The number of thioether (sulfide) groups is 1. The van der Waals surface area contributed by atoms with Crippen molar-refractivity contribution in [3.05, 3.63) is 52.1 Å². The highest BCUT2D eigenvalue weighted by atomic mass is 127. The molecule has 0 aliphatic carbocycles. The molecule has 0 unspecified atom stereocenters. The van der Waals surface area contributed by atoms with Crippen molar-refractivity contribution in [1.29, 1.82) is 0 Å². The first-order chi connectivity index (χ1) is 13.0. The van der Waals surface area contributed by atoms with Gasteiger partial charge >= 0.3 is 0 Å². The molecular formula is C19H17IN2O4S. The first-order valence-electron chi connectivity index (χ1n) is 8.16. The summed E-state index contributed by atoms with van der Waals surface area (Å²) in [7, 11) is 1.55. The summed E-state index contributed by atoms with van der Waals surface area (Å²) in [5.41, 5.74) is 1.18. The number of imide groups is 1. The second kappa shape index (κ2) is 8.75. The molecule has 1 aliphatic heterocycles. The minimum atomic E-state index is -0.548. The Balaban J connectivity index is 1.58. The summed E-state index contributed by atoms with van der Waals surface area (Å²) in [5, 5.41) is 2.22. The van der Waals surface area contributed by atoms with Crippen LogP contribution in [0.25, 0.3) is 0 Å². The second-order valence-corrected chi connectivity index (χ2v) is 8.26. The van der Waals surface area contributed by atoms with Crippen molar-refractivity contribution in [2.75, 3.05) is 23.1 Å². The fourth-order valence-corrected chi connectivity index (χ4v) is 3.96. The molecule has 0 saturated carbocycles. The van der Waals surface area contributed by atoms with Crippen molar-refractivity contribution in [2.45, 2.75) is 11.7 Å². The number of halogens is 1. The van der Waals surface area contributed by atoms with Crippen LogP contribution in [0.2, 0.25) is 0 Å². The Morgan fingerprint density at radius 2 is 2.00 bits per heavy atom. The van der Waals surface area contributed by atoms with Gasteiger partial charge in [-0.2, -0.15) is 0 Å². The Kier molecular flexibility index (Phi) is 6.38. The van der Waals surface area contributed by atoms with E-state index in [0.29, 0.717) is 17.1 Å². The van der Waals surface area contributed by atoms with E-state index in [2.05, 4.69) is 27.9 Å². The highest BCUT2D eigenvalue weighted by Gasteiger charge is 2.40. The molecule has 1 saturated heterocycles. The highest BCUT2D eigenvalue weighted by Crippen LogP contribution is 2.30. The molecule has 0 spiro atoms. The Morgan fingerprint density at radius 3 is 2.70 bits per heavy atom. The van der Waals surface area contributed by atoms with Gasteiger partial charge in [0.1, 0.15) is 5.75 Å². The third kappa shape index (κ3) is 4.81. The number of amides is 3. The molecule has 1 N–H and O–H groups in total. The van der Waals surface area contributed by atoms with Crippen LogP contribution in [0.1, 0.15) is 6.42 Å². The van der Waals surface area contributed by atoms with Crippen molar-refractivity contribution in [2.24, 2.45) is 0 Å². The first-order valence-corrected chi connectivity index (χ1v) is 10.3. The Bertz CT molecular complexity index is 872. The van der Waals surface area contributed by atoms with Crippen LogP contribution in [0.5, 0.6) is 5.75 Å². The second-order valence-electron chi connectivity index (χ2n) is 5.83. The van der Waals surface area contributed by atoms with Crippen LogP contribution in [-0.4, -0.2) is 35.8 Å². The molecule has 140 valence electrons. The predicted octanol–water partition coefficient (Wildman–Crippen LogP) is 3.30. The monoisotopic (exact) mass is 496 g/mol. The number of benzene rings is 2. The maximum Gasteiger partial charge on any atom is 0.247 e. The number of carbonyl (C=O) groups excluding carboxylic acids is 3. The molecule has 1 heterocycles. The van der Waals surface area contributed by atoms with Crippen LogP contribution in [0.15, 0.2) is 48.5 Å². The molecule has 0 radical (unpaired) electrons. The summed E-state index contributed by atoms with van der Waals surface area (Å²) in [6.07, 6.45) is 0.0991. The summed E-state index contributed by atoms with van der Waals surface area (Å²) in [5.74, 6) is -0.0276. The van der Waals surface area contributed by atoms with Crippen molar-refractivity contribution >= 4 is 63.4 Å². The van der Waals surface area contributed by atoms with Gasteiger partial charge in [0, 0.05) is 21.7 Å². The Labute approximate surface area is 174 Å². The summed E-state index contributed by atoms with van der Waals surface area (Å²) in [4.78, 5) is 38.2. The summed E-state index contributed by atoms with van der Waals surface area (Å²) >= 11 is 3.34. The topological polar surface area (TPSA) is 75.7 Å². The van der Waals surface area contributed by atoms with E-state index >= 15 is 0 Å². The number of nitrogens with zero attached hydrogens (tertiary/aromatic N) is 1. The normalized spacial score (nSPS) is 16.5. The van der Waals surface area contributed by atoms with E-state index in [9.17, 15) is 14.4 Å². The molecule has 3 amide bonds. The van der Waals surface area contributed by atoms with Gasteiger partial charge in [-0.05, 0) is 59.0 Å². The fourth-order valence-electron chi connectivity index (χ4n) is 2.67. The summed E-state index contributed by atoms with van der Waals surface area (Å²) < 4.78 is 6.14. The van der Waals surface area contributed by atoms with Crippen LogP contribution >= 0.6 is 34.4 Å². The number of anilines is 2. The van der Waals surface area contributed by atoms with Crippen molar-refractivity contribution < 1.29 is 19.1 Å². The molecule has 1 fully saturated rings. The van der Waals surface area contributed by atoms with E-state index in [-0.39, 0.29) is 29.9 Å². The van der Waals surface area contributed by atoms with E-state index in [0.717, 1.165) is 3.57 Å². The van der Waals surface area contributed by atoms with Crippen molar-refractivity contribution in [3.63, 3.8) is 0 Å². The standard InChI is InChI=1S/C19H17IN2O4S/c1-26-15-4-2-3-13(9-15)21-17(23)11-27-16-10-18(24)22(19(16)25)14-7-5-12(20)6-8-14/h2-9,16H,10-11H2,1H3,(H,21,23)/t16-/m1/s1. The molecule has 1 aliphatic rings. The molecule has 8 heteroatoms. The lowest BCUT2D eigenvalue weighted by Gasteiger charge is -2.15. The van der Waals surface area contributed by atoms with Gasteiger partial charge in [-0.3, -0.25) is 14.4 Å². The van der Waals surface area contributed by atoms with Crippen molar-refractivity contribution in [3.8, 4) is 5.75 Å². The van der Waals surface area contributed by atoms with Gasteiger partial charge in [-0.15, -0.1) is 11.8 Å². The molecule has 2 aromatic carbocycles. The van der Waals surface area contributed by atoms with Gasteiger partial charge in [0.25, 0.3) is 0 Å². The van der Waals surface area contributed by atoms with Gasteiger partial charge in [0.05, 0.1) is 23.8 Å². The number of nitrogens with one attached hydrogen (secondary N) is 1. The quantitative estimate of drug-likeness (QED) is 0.491. The molecule has 27 heavy (non-hydrogen) atoms. The number of ether oxygens (including phenoxy) is 1. The van der Waals surface area contributed by atoms with Gasteiger partial charge in [-0.25, -0.2) is 4.90 Å². The van der Waals surface area contributed by atoms with Gasteiger partial charge in [0.15, 0.2) is 0 Å². The minimum Gasteiger partial charge on any atom is -0.497 e. The first kappa shape index (κ1) is 19.7. The van der Waals surface area contributed by atoms with Gasteiger partial charge in [0.2, 0.25) is 17.7 Å².